The zero-order valence-electron chi connectivity index (χ0n) is 11.1. The van der Waals surface area contributed by atoms with E-state index in [2.05, 4.69) is 0 Å². The summed E-state index contributed by atoms with van der Waals surface area (Å²) in [5, 5.41) is 19.7. The van der Waals surface area contributed by atoms with E-state index in [1.165, 1.54) is 6.07 Å². The molecule has 1 saturated carbocycles. The van der Waals surface area contributed by atoms with Crippen LogP contribution in [0.2, 0.25) is 0 Å². The van der Waals surface area contributed by atoms with Crippen molar-refractivity contribution in [2.45, 2.75) is 32.0 Å². The van der Waals surface area contributed by atoms with Gasteiger partial charge in [-0.25, -0.2) is 4.39 Å². The summed E-state index contributed by atoms with van der Waals surface area (Å²) in [7, 11) is 0. The van der Waals surface area contributed by atoms with E-state index in [-0.39, 0.29) is 17.8 Å². The molecule has 2 aliphatic rings. The molecule has 1 aromatic rings. The minimum Gasteiger partial charge on any atom is -0.393 e. The lowest BCUT2D eigenvalue weighted by molar-refractivity contribution is 0.133. The van der Waals surface area contributed by atoms with Crippen molar-refractivity contribution in [2.24, 2.45) is 11.8 Å². The molecule has 3 rings (SSSR count). The summed E-state index contributed by atoms with van der Waals surface area (Å²) in [6.45, 7) is 3.12. The highest BCUT2D eigenvalue weighted by Gasteiger charge is 2.42. The molecule has 1 aliphatic carbocycles. The van der Waals surface area contributed by atoms with Gasteiger partial charge in [0, 0.05) is 24.6 Å². The Morgan fingerprint density at radius 2 is 2.11 bits per heavy atom. The van der Waals surface area contributed by atoms with E-state index < -0.39 is 6.10 Å². The van der Waals surface area contributed by atoms with Crippen molar-refractivity contribution < 1.29 is 14.6 Å². The molecule has 4 atom stereocenters. The van der Waals surface area contributed by atoms with Crippen LogP contribution in [-0.4, -0.2) is 29.4 Å². The summed E-state index contributed by atoms with van der Waals surface area (Å²) in [6, 6.07) is 4.84. The first-order valence-electron chi connectivity index (χ1n) is 6.97. The molecule has 2 fully saturated rings. The number of benzene rings is 1. The smallest absolute Gasteiger partial charge is 0.146 e. The number of aliphatic hydroxyl groups is 2. The molecule has 1 saturated heterocycles. The quantitative estimate of drug-likeness (QED) is 0.860. The Balaban J connectivity index is 1.92. The van der Waals surface area contributed by atoms with E-state index in [0.29, 0.717) is 23.7 Å². The third kappa shape index (κ3) is 2.13. The van der Waals surface area contributed by atoms with E-state index >= 15 is 0 Å². The van der Waals surface area contributed by atoms with Gasteiger partial charge < -0.3 is 15.1 Å². The number of aliphatic hydroxyl groups excluding tert-OH is 2. The standard InChI is InChI=1S/C15H20FNO2/c1-9(18)11-3-2-4-13(16)15(11)17-7-10-5-6-14(19)12(10)8-17/h2-4,9-10,12,14,18-19H,5-8H2,1H3/t9-,10?,12?,14?/m0/s1. The number of rotatable bonds is 2. The van der Waals surface area contributed by atoms with E-state index in [4.69, 9.17) is 0 Å². The minimum absolute atomic E-state index is 0.251. The van der Waals surface area contributed by atoms with Crippen LogP contribution in [0.25, 0.3) is 0 Å². The van der Waals surface area contributed by atoms with Crippen molar-refractivity contribution in [2.75, 3.05) is 18.0 Å². The van der Waals surface area contributed by atoms with Gasteiger partial charge in [-0.1, -0.05) is 12.1 Å². The third-order valence-corrected chi connectivity index (χ3v) is 4.60. The lowest BCUT2D eigenvalue weighted by Crippen LogP contribution is -2.26. The maximum atomic E-state index is 14.1. The molecule has 0 radical (unpaired) electrons. The van der Waals surface area contributed by atoms with E-state index in [0.717, 1.165) is 19.4 Å². The number of nitrogens with zero attached hydrogens (tertiary/aromatic N) is 1. The van der Waals surface area contributed by atoms with Gasteiger partial charge in [0.1, 0.15) is 5.82 Å². The van der Waals surface area contributed by atoms with Gasteiger partial charge in [-0.05, 0) is 31.7 Å². The fraction of sp³-hybridized carbons (Fsp3) is 0.600. The molecular formula is C15H20FNO2. The Morgan fingerprint density at radius 3 is 2.79 bits per heavy atom. The van der Waals surface area contributed by atoms with Crippen molar-refractivity contribution in [3.63, 3.8) is 0 Å². The highest BCUT2D eigenvalue weighted by molar-refractivity contribution is 5.56. The van der Waals surface area contributed by atoms with Crippen LogP contribution in [0.3, 0.4) is 0 Å². The molecule has 2 N–H and O–H groups in total. The van der Waals surface area contributed by atoms with Crippen LogP contribution in [0.4, 0.5) is 10.1 Å². The number of fused-ring (bicyclic) bond motifs is 1. The average Bonchev–Trinajstić information content (AvgIpc) is 2.91. The van der Waals surface area contributed by atoms with Crippen LogP contribution in [0.1, 0.15) is 31.4 Å². The third-order valence-electron chi connectivity index (χ3n) is 4.60. The van der Waals surface area contributed by atoms with Crippen molar-refractivity contribution in [3.05, 3.63) is 29.6 Å². The molecule has 3 unspecified atom stereocenters. The Labute approximate surface area is 112 Å². The molecule has 1 aliphatic heterocycles. The summed E-state index contributed by atoms with van der Waals surface area (Å²) in [4.78, 5) is 2.00. The SMILES string of the molecule is C[C@H](O)c1cccc(F)c1N1CC2CCC(O)C2C1. The molecule has 4 heteroatoms. The van der Waals surface area contributed by atoms with E-state index in [1.807, 2.05) is 4.90 Å². The predicted molar refractivity (Wildman–Crippen MR) is 71.5 cm³/mol. The Hall–Kier alpha value is -1.13. The van der Waals surface area contributed by atoms with Crippen molar-refractivity contribution in [1.29, 1.82) is 0 Å². The summed E-state index contributed by atoms with van der Waals surface area (Å²) in [5.74, 6) is 0.422. The lowest BCUT2D eigenvalue weighted by atomic mass is 10.00. The summed E-state index contributed by atoms with van der Waals surface area (Å²) in [6.07, 6.45) is 0.942. The Kier molecular flexibility index (Phi) is 3.23. The van der Waals surface area contributed by atoms with Gasteiger partial charge in [0.05, 0.1) is 17.9 Å². The number of hydrogen-bond acceptors (Lipinski definition) is 3. The van der Waals surface area contributed by atoms with Crippen LogP contribution < -0.4 is 4.90 Å². The van der Waals surface area contributed by atoms with Crippen LogP contribution in [-0.2, 0) is 0 Å². The Morgan fingerprint density at radius 1 is 1.32 bits per heavy atom. The number of halogens is 1. The first-order valence-corrected chi connectivity index (χ1v) is 6.97. The zero-order valence-corrected chi connectivity index (χ0v) is 11.1. The van der Waals surface area contributed by atoms with Crippen molar-refractivity contribution >= 4 is 5.69 Å². The van der Waals surface area contributed by atoms with Crippen molar-refractivity contribution in [3.8, 4) is 0 Å². The largest absolute Gasteiger partial charge is 0.393 e. The van der Waals surface area contributed by atoms with Gasteiger partial charge in [0.15, 0.2) is 0 Å². The van der Waals surface area contributed by atoms with Gasteiger partial charge in [-0.3, -0.25) is 0 Å². The number of anilines is 1. The van der Waals surface area contributed by atoms with E-state index in [1.54, 1.807) is 19.1 Å². The molecule has 1 heterocycles. The number of hydrogen-bond donors (Lipinski definition) is 2. The first kappa shape index (κ1) is 12.9. The lowest BCUT2D eigenvalue weighted by Gasteiger charge is -2.25. The fourth-order valence-corrected chi connectivity index (χ4v) is 3.62. The molecular weight excluding hydrogens is 245 g/mol. The second kappa shape index (κ2) is 4.76. The highest BCUT2D eigenvalue weighted by Crippen LogP contribution is 2.42. The van der Waals surface area contributed by atoms with Crippen LogP contribution >= 0.6 is 0 Å². The molecule has 0 bridgehead atoms. The van der Waals surface area contributed by atoms with Crippen molar-refractivity contribution in [1.82, 2.24) is 0 Å². The van der Waals surface area contributed by atoms with Crippen LogP contribution in [0, 0.1) is 17.7 Å². The second-order valence-electron chi connectivity index (χ2n) is 5.83. The van der Waals surface area contributed by atoms with Gasteiger partial charge in [0.25, 0.3) is 0 Å². The molecule has 1 aromatic carbocycles. The van der Waals surface area contributed by atoms with Gasteiger partial charge in [-0.15, -0.1) is 0 Å². The molecule has 0 spiro atoms. The fourth-order valence-electron chi connectivity index (χ4n) is 3.62. The summed E-state index contributed by atoms with van der Waals surface area (Å²) < 4.78 is 14.1. The highest BCUT2D eigenvalue weighted by atomic mass is 19.1. The molecule has 0 aromatic heterocycles. The maximum Gasteiger partial charge on any atom is 0.146 e. The Bertz CT molecular complexity index is 477. The van der Waals surface area contributed by atoms with Gasteiger partial charge in [-0.2, -0.15) is 0 Å². The normalized spacial score (nSPS) is 31.6. The second-order valence-corrected chi connectivity index (χ2v) is 5.83. The van der Waals surface area contributed by atoms with Gasteiger partial charge in [0.2, 0.25) is 0 Å². The molecule has 0 amide bonds. The average molecular weight is 265 g/mol. The first-order chi connectivity index (χ1) is 9.08. The summed E-state index contributed by atoms with van der Waals surface area (Å²) in [5.41, 5.74) is 1.15. The molecule has 104 valence electrons. The van der Waals surface area contributed by atoms with Crippen LogP contribution in [0.15, 0.2) is 18.2 Å². The predicted octanol–water partition coefficient (Wildman–Crippen LogP) is 2.09. The monoisotopic (exact) mass is 265 g/mol. The zero-order chi connectivity index (χ0) is 13.6. The van der Waals surface area contributed by atoms with Gasteiger partial charge >= 0.3 is 0 Å². The topological polar surface area (TPSA) is 43.7 Å². The maximum absolute atomic E-state index is 14.1. The molecule has 19 heavy (non-hydrogen) atoms. The minimum atomic E-state index is -0.684. The number of para-hydroxylation sites is 1. The molecule has 3 nitrogen and oxygen atoms in total. The summed E-state index contributed by atoms with van der Waals surface area (Å²) >= 11 is 0. The van der Waals surface area contributed by atoms with Crippen LogP contribution in [0.5, 0.6) is 0 Å². The van der Waals surface area contributed by atoms with E-state index in [9.17, 15) is 14.6 Å².